The van der Waals surface area contributed by atoms with Gasteiger partial charge in [0.05, 0.1) is 49.3 Å². The number of hydrogen-bond donors (Lipinski definition) is 0. The summed E-state index contributed by atoms with van der Waals surface area (Å²) in [6.07, 6.45) is 0.368. The van der Waals surface area contributed by atoms with Crippen LogP contribution >= 0.6 is 0 Å². The van der Waals surface area contributed by atoms with Gasteiger partial charge in [-0.2, -0.15) is 10.2 Å². The number of hydrogen-bond acceptors (Lipinski definition) is 5. The molecule has 6 heteroatoms. The van der Waals surface area contributed by atoms with E-state index in [0.29, 0.717) is 42.2 Å². The predicted molar refractivity (Wildman–Crippen MR) is 123 cm³/mol. The molecule has 6 nitrogen and oxygen atoms in total. The zero-order valence-electron chi connectivity index (χ0n) is 18.0. The molecule has 0 amide bonds. The minimum absolute atomic E-state index is 0.368. The van der Waals surface area contributed by atoms with Gasteiger partial charge in [0.2, 0.25) is 0 Å². The topological polar surface area (TPSA) is 77.1 Å². The lowest BCUT2D eigenvalue weighted by Gasteiger charge is -2.12. The first kappa shape index (κ1) is 21.1. The molecule has 0 aliphatic carbocycles. The number of para-hydroxylation sites is 1. The number of esters is 1. The maximum absolute atomic E-state index is 12.4. The van der Waals surface area contributed by atoms with Crippen LogP contribution in [-0.4, -0.2) is 29.2 Å². The first-order valence-corrected chi connectivity index (χ1v) is 10.4. The average Bonchev–Trinajstić information content (AvgIpc) is 3.17. The highest BCUT2D eigenvalue weighted by atomic mass is 16.5. The Morgan fingerprint density at radius 1 is 1.06 bits per heavy atom. The Bertz CT molecular complexity index is 1300. The molecule has 0 aliphatic rings. The molecule has 1 aromatic heterocycles. The molecular weight excluding hydrogens is 402 g/mol. The van der Waals surface area contributed by atoms with Crippen molar-refractivity contribution in [3.8, 4) is 23.2 Å². The number of aromatic nitrogens is 2. The van der Waals surface area contributed by atoms with Gasteiger partial charge in [0, 0.05) is 0 Å². The number of ether oxygens (including phenoxy) is 2. The molecule has 0 unspecified atom stereocenters. The second kappa shape index (κ2) is 9.36. The number of carbonyl (C=O) groups excluding carboxylic acids is 1. The largest absolute Gasteiger partial charge is 0.465 e. The molecule has 32 heavy (non-hydrogen) atoms. The summed E-state index contributed by atoms with van der Waals surface area (Å²) in [6, 6.07) is 24.2. The van der Waals surface area contributed by atoms with Crippen molar-refractivity contribution in [2.24, 2.45) is 0 Å². The van der Waals surface area contributed by atoms with Gasteiger partial charge in [-0.3, -0.25) is 4.57 Å². The Morgan fingerprint density at radius 3 is 2.56 bits per heavy atom. The Kier molecular flexibility index (Phi) is 6.18. The predicted octanol–water partition coefficient (Wildman–Crippen LogP) is 5.00. The second-order valence-corrected chi connectivity index (χ2v) is 7.27. The van der Waals surface area contributed by atoms with Crippen molar-refractivity contribution >= 4 is 17.0 Å². The van der Waals surface area contributed by atoms with Gasteiger partial charge in [-0.05, 0) is 41.3 Å². The van der Waals surface area contributed by atoms with Crippen LogP contribution in [0.15, 0.2) is 66.7 Å². The summed E-state index contributed by atoms with van der Waals surface area (Å²) in [6.45, 7) is 2.85. The third-order valence-electron chi connectivity index (χ3n) is 5.30. The molecule has 4 aromatic rings. The van der Waals surface area contributed by atoms with Crippen LogP contribution < -0.4 is 4.74 Å². The van der Waals surface area contributed by atoms with Gasteiger partial charge in [-0.25, -0.2) is 4.79 Å². The summed E-state index contributed by atoms with van der Waals surface area (Å²) in [5.74, 6) is -0.413. The van der Waals surface area contributed by atoms with Crippen molar-refractivity contribution in [2.45, 2.75) is 19.9 Å². The Balaban J connectivity index is 1.73. The maximum Gasteiger partial charge on any atom is 0.340 e. The minimum atomic E-state index is -0.413. The quantitative estimate of drug-likeness (QED) is 0.389. The van der Waals surface area contributed by atoms with Crippen molar-refractivity contribution in [3.05, 3.63) is 83.4 Å². The zero-order chi connectivity index (χ0) is 22.5. The molecule has 0 atom stereocenters. The number of imidazole rings is 1. The number of methoxy groups -OCH3 is 1. The fourth-order valence-electron chi connectivity index (χ4n) is 3.84. The van der Waals surface area contributed by atoms with Crippen LogP contribution in [0.1, 0.15) is 28.4 Å². The van der Waals surface area contributed by atoms with Crippen LogP contribution in [0.25, 0.3) is 22.2 Å². The average molecular weight is 425 g/mol. The van der Waals surface area contributed by atoms with Gasteiger partial charge in [-0.1, -0.05) is 54.6 Å². The molecule has 0 saturated heterocycles. The van der Waals surface area contributed by atoms with E-state index in [4.69, 9.17) is 14.7 Å². The van der Waals surface area contributed by atoms with Crippen LogP contribution in [0.4, 0.5) is 0 Å². The highest BCUT2D eigenvalue weighted by Crippen LogP contribution is 2.28. The Hall–Kier alpha value is -4.11. The van der Waals surface area contributed by atoms with Gasteiger partial charge in [0.15, 0.2) is 0 Å². The molecule has 160 valence electrons. The monoisotopic (exact) mass is 425 g/mol. The summed E-state index contributed by atoms with van der Waals surface area (Å²) in [5.41, 5.74) is 5.96. The molecule has 0 N–H and O–H groups in total. The fourth-order valence-corrected chi connectivity index (χ4v) is 3.84. The van der Waals surface area contributed by atoms with Crippen molar-refractivity contribution in [1.82, 2.24) is 9.55 Å². The third kappa shape index (κ3) is 4.06. The van der Waals surface area contributed by atoms with Gasteiger partial charge >= 0.3 is 5.97 Å². The molecular formula is C26H23N3O3. The highest BCUT2D eigenvalue weighted by molar-refractivity contribution is 6.02. The Morgan fingerprint density at radius 2 is 1.84 bits per heavy atom. The smallest absolute Gasteiger partial charge is 0.340 e. The minimum Gasteiger partial charge on any atom is -0.465 e. The lowest BCUT2D eigenvalue weighted by Crippen LogP contribution is -2.09. The van der Waals surface area contributed by atoms with E-state index >= 15 is 0 Å². The van der Waals surface area contributed by atoms with Crippen LogP contribution in [0.2, 0.25) is 0 Å². The summed E-state index contributed by atoms with van der Waals surface area (Å²) in [4.78, 5) is 16.9. The molecule has 0 spiro atoms. The SMILES string of the molecule is CCOc1nc2cccc(C(=O)OC)c2n1Cc1ccc(-c2ccccc2CC#N)cc1. The lowest BCUT2D eigenvalue weighted by atomic mass is 9.97. The molecule has 3 aromatic carbocycles. The van der Waals surface area contributed by atoms with E-state index < -0.39 is 5.97 Å². The lowest BCUT2D eigenvalue weighted by molar-refractivity contribution is 0.0602. The van der Waals surface area contributed by atoms with Crippen LogP contribution in [-0.2, 0) is 17.7 Å². The highest BCUT2D eigenvalue weighted by Gasteiger charge is 2.19. The zero-order valence-corrected chi connectivity index (χ0v) is 18.0. The molecule has 4 rings (SSSR count). The van der Waals surface area contributed by atoms with Crippen LogP contribution in [0.5, 0.6) is 6.01 Å². The van der Waals surface area contributed by atoms with Crippen LogP contribution in [0, 0.1) is 11.3 Å². The number of nitriles is 1. The van der Waals surface area contributed by atoms with Crippen LogP contribution in [0.3, 0.4) is 0 Å². The molecule has 0 fully saturated rings. The van der Waals surface area contributed by atoms with Crippen molar-refractivity contribution < 1.29 is 14.3 Å². The van der Waals surface area contributed by atoms with E-state index in [9.17, 15) is 4.79 Å². The molecule has 0 bridgehead atoms. The van der Waals surface area contributed by atoms with E-state index in [-0.39, 0.29) is 0 Å². The normalized spacial score (nSPS) is 10.7. The first-order valence-electron chi connectivity index (χ1n) is 10.4. The summed E-state index contributed by atoms with van der Waals surface area (Å²) < 4.78 is 12.6. The van der Waals surface area contributed by atoms with E-state index in [1.165, 1.54) is 7.11 Å². The standard InChI is InChI=1S/C26H23N3O3/c1-3-32-26-28-23-10-6-9-22(25(30)31-2)24(23)29(26)17-18-11-13-20(14-12-18)21-8-5-4-7-19(21)15-16-27/h4-14H,3,15,17H2,1-2H3. The molecule has 0 aliphatic heterocycles. The maximum atomic E-state index is 12.4. The van der Waals surface area contributed by atoms with Gasteiger partial charge in [-0.15, -0.1) is 0 Å². The van der Waals surface area contributed by atoms with Gasteiger partial charge in [0.25, 0.3) is 6.01 Å². The van der Waals surface area contributed by atoms with Crippen molar-refractivity contribution in [1.29, 1.82) is 5.26 Å². The fraction of sp³-hybridized carbons (Fsp3) is 0.192. The number of rotatable bonds is 7. The molecule has 0 saturated carbocycles. The van der Waals surface area contributed by atoms with E-state index in [1.807, 2.05) is 66.1 Å². The second-order valence-electron chi connectivity index (χ2n) is 7.27. The van der Waals surface area contributed by atoms with E-state index in [2.05, 4.69) is 11.1 Å². The number of carbonyl (C=O) groups is 1. The Labute approximate surface area is 186 Å². The van der Waals surface area contributed by atoms with Gasteiger partial charge < -0.3 is 9.47 Å². The van der Waals surface area contributed by atoms with Gasteiger partial charge in [0.1, 0.15) is 0 Å². The van der Waals surface area contributed by atoms with Crippen molar-refractivity contribution in [2.75, 3.05) is 13.7 Å². The summed E-state index contributed by atoms with van der Waals surface area (Å²) >= 11 is 0. The molecule has 1 heterocycles. The summed E-state index contributed by atoms with van der Waals surface area (Å²) in [7, 11) is 1.37. The molecule has 0 radical (unpaired) electrons. The van der Waals surface area contributed by atoms with E-state index in [1.54, 1.807) is 12.1 Å². The number of benzene rings is 3. The van der Waals surface area contributed by atoms with Crippen molar-refractivity contribution in [3.63, 3.8) is 0 Å². The first-order chi connectivity index (χ1) is 15.7. The third-order valence-corrected chi connectivity index (χ3v) is 5.30. The summed E-state index contributed by atoms with van der Waals surface area (Å²) in [5, 5.41) is 9.11. The number of fused-ring (bicyclic) bond motifs is 1. The number of nitrogens with zero attached hydrogens (tertiary/aromatic N) is 3. The van der Waals surface area contributed by atoms with E-state index in [0.717, 1.165) is 22.3 Å².